The van der Waals surface area contributed by atoms with Crippen LogP contribution in [0.3, 0.4) is 0 Å². The number of nitrogens with one attached hydrogen (secondary N) is 1. The Balaban J connectivity index is 1.37. The quantitative estimate of drug-likeness (QED) is 0.642. The first kappa shape index (κ1) is 22.8. The summed E-state index contributed by atoms with van der Waals surface area (Å²) in [5, 5.41) is 3.24. The van der Waals surface area contributed by atoms with Crippen LogP contribution in [0.5, 0.6) is 5.75 Å². The van der Waals surface area contributed by atoms with E-state index in [1.54, 1.807) is 11.0 Å². The van der Waals surface area contributed by atoms with Crippen LogP contribution in [0.25, 0.3) is 0 Å². The van der Waals surface area contributed by atoms with E-state index in [1.807, 2.05) is 42.5 Å². The Morgan fingerprint density at radius 1 is 1.12 bits per heavy atom. The summed E-state index contributed by atoms with van der Waals surface area (Å²) in [6, 6.07) is 14.9. The van der Waals surface area contributed by atoms with Crippen LogP contribution in [-0.2, 0) is 16.2 Å². The molecule has 1 atom stereocenters. The average molecular weight is 456 g/mol. The van der Waals surface area contributed by atoms with Gasteiger partial charge in [-0.25, -0.2) is 9.63 Å². The van der Waals surface area contributed by atoms with Crippen LogP contribution < -0.4 is 15.0 Å². The van der Waals surface area contributed by atoms with E-state index in [2.05, 4.69) is 10.2 Å². The summed E-state index contributed by atoms with van der Waals surface area (Å²) in [5.41, 5.74) is 2.12. The lowest BCUT2D eigenvalue weighted by Crippen LogP contribution is -2.49. The second kappa shape index (κ2) is 11.0. The van der Waals surface area contributed by atoms with Gasteiger partial charge in [0.15, 0.2) is 6.61 Å². The number of carbonyl (C=O) groups is 1. The number of anilines is 1. The van der Waals surface area contributed by atoms with Gasteiger partial charge in [-0.1, -0.05) is 30.3 Å². The van der Waals surface area contributed by atoms with Gasteiger partial charge in [0.25, 0.3) is 4.92 Å². The van der Waals surface area contributed by atoms with Crippen LogP contribution in [0.2, 0.25) is 0 Å². The molecular weight excluding hydrogens is 424 g/mol. The standard InChI is InChI=1S/C24H31N4O5/c1-31-23-16-20(9-10-22(23)28(30)32-18-19-6-3-2-4-7-19)27-13-5-8-21(17-27)33-24(29)26-14-11-25-12-15-26/h2-4,6-7,9-10,16,21,25H,5,8,11-15,17-18H2,1H3/q+1. The molecule has 2 heterocycles. The van der Waals surface area contributed by atoms with Gasteiger partial charge >= 0.3 is 11.8 Å². The summed E-state index contributed by atoms with van der Waals surface area (Å²) in [7, 11) is 1.53. The highest BCUT2D eigenvalue weighted by Gasteiger charge is 2.29. The lowest BCUT2D eigenvalue weighted by Gasteiger charge is -2.35. The van der Waals surface area contributed by atoms with Crippen LogP contribution in [-0.4, -0.2) is 68.4 Å². The molecule has 4 rings (SSSR count). The summed E-state index contributed by atoms with van der Waals surface area (Å²) in [6.07, 6.45) is 1.34. The zero-order valence-corrected chi connectivity index (χ0v) is 18.9. The fraction of sp³-hybridized carbons (Fsp3) is 0.458. The van der Waals surface area contributed by atoms with Crippen LogP contribution in [0.1, 0.15) is 18.4 Å². The van der Waals surface area contributed by atoms with Gasteiger partial charge in [0.05, 0.1) is 18.6 Å². The number of amides is 1. The highest BCUT2D eigenvalue weighted by atomic mass is 16.8. The molecule has 1 unspecified atom stereocenters. The molecule has 2 aromatic rings. The minimum absolute atomic E-state index is 0.168. The summed E-state index contributed by atoms with van der Waals surface area (Å²) in [4.78, 5) is 34.8. The molecule has 0 aromatic heterocycles. The van der Waals surface area contributed by atoms with Crippen molar-refractivity contribution in [3.8, 4) is 5.75 Å². The predicted molar refractivity (Wildman–Crippen MR) is 124 cm³/mol. The Bertz CT molecular complexity index is 949. The molecule has 2 aliphatic heterocycles. The lowest BCUT2D eigenvalue weighted by molar-refractivity contribution is -0.750. The van der Waals surface area contributed by atoms with Crippen molar-refractivity contribution in [2.75, 3.05) is 51.3 Å². The molecule has 0 aliphatic carbocycles. The minimum Gasteiger partial charge on any atom is -0.490 e. The predicted octanol–water partition coefficient (Wildman–Crippen LogP) is 3.25. The molecule has 33 heavy (non-hydrogen) atoms. The largest absolute Gasteiger partial charge is 0.490 e. The fourth-order valence-electron chi connectivity index (χ4n) is 4.12. The molecule has 9 heteroatoms. The second-order valence-electron chi connectivity index (χ2n) is 8.20. The Labute approximate surface area is 193 Å². The molecule has 2 aromatic carbocycles. The highest BCUT2D eigenvalue weighted by Crippen LogP contribution is 2.33. The summed E-state index contributed by atoms with van der Waals surface area (Å²) in [5.74, 6) is 0.426. The van der Waals surface area contributed by atoms with E-state index >= 15 is 0 Å². The van der Waals surface area contributed by atoms with Crippen molar-refractivity contribution in [2.45, 2.75) is 25.6 Å². The number of ether oxygens (including phenoxy) is 2. The van der Waals surface area contributed by atoms with Crippen molar-refractivity contribution in [3.05, 3.63) is 59.0 Å². The van der Waals surface area contributed by atoms with E-state index in [0.717, 1.165) is 43.7 Å². The van der Waals surface area contributed by atoms with Crippen LogP contribution in [0.4, 0.5) is 16.2 Å². The lowest BCUT2D eigenvalue weighted by atomic mass is 10.1. The Morgan fingerprint density at radius 2 is 1.91 bits per heavy atom. The van der Waals surface area contributed by atoms with Crippen molar-refractivity contribution in [3.63, 3.8) is 0 Å². The molecule has 1 amide bonds. The van der Waals surface area contributed by atoms with Crippen molar-refractivity contribution in [1.29, 1.82) is 0 Å². The van der Waals surface area contributed by atoms with Crippen molar-refractivity contribution in [2.24, 2.45) is 0 Å². The van der Waals surface area contributed by atoms with Crippen LogP contribution in [0, 0.1) is 4.91 Å². The topological polar surface area (TPSA) is 83.4 Å². The molecule has 176 valence electrons. The maximum absolute atomic E-state index is 12.5. The number of hydrogen-bond donors (Lipinski definition) is 1. The number of methoxy groups -OCH3 is 1. The van der Waals surface area contributed by atoms with E-state index in [4.69, 9.17) is 14.3 Å². The maximum Gasteiger partial charge on any atom is 0.410 e. The molecule has 2 fully saturated rings. The third kappa shape index (κ3) is 5.92. The molecule has 0 spiro atoms. The van der Waals surface area contributed by atoms with Crippen LogP contribution >= 0.6 is 0 Å². The van der Waals surface area contributed by atoms with Gasteiger partial charge in [0, 0.05) is 50.5 Å². The molecule has 0 radical (unpaired) electrons. The first-order valence-electron chi connectivity index (χ1n) is 11.4. The van der Waals surface area contributed by atoms with E-state index in [-0.39, 0.29) is 18.8 Å². The average Bonchev–Trinajstić information content (AvgIpc) is 2.88. The summed E-state index contributed by atoms with van der Waals surface area (Å²) >= 11 is 0. The molecule has 1 N–H and O–H groups in total. The van der Waals surface area contributed by atoms with E-state index in [0.29, 0.717) is 36.0 Å². The number of nitrogens with zero attached hydrogens (tertiary/aromatic N) is 3. The van der Waals surface area contributed by atoms with Gasteiger partial charge in [-0.15, -0.1) is 0 Å². The number of rotatable bonds is 7. The van der Waals surface area contributed by atoms with Crippen LogP contribution in [0.15, 0.2) is 48.5 Å². The first-order valence-corrected chi connectivity index (χ1v) is 11.4. The zero-order chi connectivity index (χ0) is 23.0. The zero-order valence-electron chi connectivity index (χ0n) is 18.9. The fourth-order valence-corrected chi connectivity index (χ4v) is 4.12. The van der Waals surface area contributed by atoms with Crippen molar-refractivity contribution in [1.82, 2.24) is 10.2 Å². The summed E-state index contributed by atoms with van der Waals surface area (Å²) < 4.78 is 11.3. The van der Waals surface area contributed by atoms with Crippen molar-refractivity contribution < 1.29 is 24.0 Å². The minimum atomic E-state index is -0.242. The molecule has 0 bridgehead atoms. The number of hydrogen-bond acceptors (Lipinski definition) is 7. The summed E-state index contributed by atoms with van der Waals surface area (Å²) in [6.45, 7) is 4.55. The third-order valence-electron chi connectivity index (χ3n) is 5.94. The molecule has 0 saturated carbocycles. The number of piperidine rings is 1. The SMILES string of the molecule is COc1cc(N2CCCC(OC(=O)N3CCNCC3)C2)ccc1[N+](=O)OCc1ccccc1. The van der Waals surface area contributed by atoms with Gasteiger partial charge < -0.3 is 24.6 Å². The van der Waals surface area contributed by atoms with Gasteiger partial charge in [0.1, 0.15) is 6.10 Å². The van der Waals surface area contributed by atoms with E-state index in [9.17, 15) is 9.70 Å². The maximum atomic E-state index is 12.5. The monoisotopic (exact) mass is 455 g/mol. The van der Waals surface area contributed by atoms with Gasteiger partial charge in [-0.2, -0.15) is 0 Å². The van der Waals surface area contributed by atoms with E-state index in [1.165, 1.54) is 7.11 Å². The number of benzene rings is 2. The van der Waals surface area contributed by atoms with E-state index < -0.39 is 0 Å². The van der Waals surface area contributed by atoms with Gasteiger partial charge in [-0.3, -0.25) is 0 Å². The third-order valence-corrected chi connectivity index (χ3v) is 5.94. The number of piperazine rings is 1. The Morgan fingerprint density at radius 3 is 2.67 bits per heavy atom. The molecular formula is C24H31N4O5+. The molecule has 2 saturated heterocycles. The van der Waals surface area contributed by atoms with Gasteiger partial charge in [-0.05, 0) is 24.5 Å². The molecule has 2 aliphatic rings. The Kier molecular flexibility index (Phi) is 7.62. The smallest absolute Gasteiger partial charge is 0.410 e. The first-order chi connectivity index (χ1) is 16.1. The second-order valence-corrected chi connectivity index (χ2v) is 8.20. The molecule has 9 nitrogen and oxygen atoms in total. The Hall–Kier alpha value is -3.33. The van der Waals surface area contributed by atoms with Gasteiger partial charge in [0.2, 0.25) is 5.75 Å². The number of carbonyl (C=O) groups excluding carboxylic acids is 1. The highest BCUT2D eigenvalue weighted by molar-refractivity contribution is 5.68. The van der Waals surface area contributed by atoms with Crippen molar-refractivity contribution >= 4 is 17.5 Å². The normalized spacial score (nSPS) is 18.5.